The van der Waals surface area contributed by atoms with Gasteiger partial charge in [-0.1, -0.05) is 51.9 Å². The molecule has 0 atom stereocenters. The number of nitrogens with one attached hydrogen (secondary N) is 1. The van der Waals surface area contributed by atoms with E-state index in [1.165, 1.54) is 57.8 Å². The van der Waals surface area contributed by atoms with E-state index in [4.69, 9.17) is 0 Å². The van der Waals surface area contributed by atoms with Gasteiger partial charge < -0.3 is 5.32 Å². The Balaban J connectivity index is 2.13. The molecular weight excluding hydrogens is 260 g/mol. The summed E-state index contributed by atoms with van der Waals surface area (Å²) in [4.78, 5) is 14.4. The van der Waals surface area contributed by atoms with Gasteiger partial charge in [0.05, 0.1) is 6.54 Å². The number of piperidine rings is 1. The number of amides is 1. The zero-order valence-corrected chi connectivity index (χ0v) is 14.5. The van der Waals surface area contributed by atoms with Gasteiger partial charge in [0.25, 0.3) is 0 Å². The molecule has 0 aromatic carbocycles. The lowest BCUT2D eigenvalue weighted by Crippen LogP contribution is -2.48. The van der Waals surface area contributed by atoms with Crippen molar-refractivity contribution in [2.24, 2.45) is 0 Å². The molecule has 0 bridgehead atoms. The van der Waals surface area contributed by atoms with E-state index in [2.05, 4.69) is 31.0 Å². The fraction of sp³-hybridized carbons (Fsp3) is 0.944. The number of likely N-dealkylation sites (tertiary alicyclic amines) is 1. The van der Waals surface area contributed by atoms with E-state index in [0.29, 0.717) is 6.54 Å². The Kier molecular flexibility index (Phi) is 8.98. The lowest BCUT2D eigenvalue weighted by molar-refractivity contribution is -0.124. The van der Waals surface area contributed by atoms with Crippen molar-refractivity contribution in [2.45, 2.75) is 90.5 Å². The summed E-state index contributed by atoms with van der Waals surface area (Å²) in [5.41, 5.74) is -0.0579. The molecule has 1 saturated heterocycles. The number of carbonyl (C=O) groups excluding carboxylic acids is 1. The average molecular weight is 296 g/mol. The predicted molar refractivity (Wildman–Crippen MR) is 90.5 cm³/mol. The SMILES string of the molecule is CCCCCCCCC(C)(C)NC(=O)CN1CCCCC1. The summed E-state index contributed by atoms with van der Waals surface area (Å²) in [6, 6.07) is 0. The van der Waals surface area contributed by atoms with Crippen molar-refractivity contribution in [3.05, 3.63) is 0 Å². The molecule has 21 heavy (non-hydrogen) atoms. The van der Waals surface area contributed by atoms with E-state index < -0.39 is 0 Å². The Morgan fingerprint density at radius 1 is 1.00 bits per heavy atom. The normalized spacial score (nSPS) is 16.9. The standard InChI is InChI=1S/C18H36N2O/c1-4-5-6-7-8-10-13-18(2,3)19-17(21)16-20-14-11-9-12-15-20/h4-16H2,1-3H3,(H,19,21). The molecule has 0 spiro atoms. The zero-order chi connectivity index (χ0) is 15.6. The topological polar surface area (TPSA) is 32.3 Å². The minimum Gasteiger partial charge on any atom is -0.350 e. The first-order chi connectivity index (χ1) is 10.0. The molecule has 0 radical (unpaired) electrons. The highest BCUT2D eigenvalue weighted by Crippen LogP contribution is 2.16. The molecule has 3 heteroatoms. The second-order valence-corrected chi connectivity index (χ2v) is 7.29. The highest BCUT2D eigenvalue weighted by molar-refractivity contribution is 5.78. The molecule has 124 valence electrons. The van der Waals surface area contributed by atoms with Crippen LogP contribution in [-0.4, -0.2) is 36.0 Å². The third-order valence-corrected chi connectivity index (χ3v) is 4.45. The van der Waals surface area contributed by atoms with Crippen molar-refractivity contribution in [2.75, 3.05) is 19.6 Å². The summed E-state index contributed by atoms with van der Waals surface area (Å²) >= 11 is 0. The molecule has 0 aromatic rings. The third kappa shape index (κ3) is 9.13. The number of carbonyl (C=O) groups is 1. The van der Waals surface area contributed by atoms with Gasteiger partial charge in [-0.2, -0.15) is 0 Å². The summed E-state index contributed by atoms with van der Waals surface area (Å²) in [6.45, 7) is 9.33. The maximum atomic E-state index is 12.1. The van der Waals surface area contributed by atoms with E-state index in [9.17, 15) is 4.79 Å². The second-order valence-electron chi connectivity index (χ2n) is 7.29. The van der Waals surface area contributed by atoms with Crippen LogP contribution in [-0.2, 0) is 4.79 Å². The molecule has 1 N–H and O–H groups in total. The molecule has 3 nitrogen and oxygen atoms in total. The van der Waals surface area contributed by atoms with E-state index in [1.54, 1.807) is 0 Å². The molecule has 0 aromatic heterocycles. The molecule has 0 unspecified atom stereocenters. The van der Waals surface area contributed by atoms with Crippen molar-refractivity contribution >= 4 is 5.91 Å². The van der Waals surface area contributed by atoms with Crippen LogP contribution in [0.15, 0.2) is 0 Å². The maximum Gasteiger partial charge on any atom is 0.234 e. The highest BCUT2D eigenvalue weighted by atomic mass is 16.2. The quantitative estimate of drug-likeness (QED) is 0.615. The van der Waals surface area contributed by atoms with Crippen molar-refractivity contribution in [1.29, 1.82) is 0 Å². The summed E-state index contributed by atoms with van der Waals surface area (Å²) in [6.07, 6.45) is 12.8. The Morgan fingerprint density at radius 3 is 2.29 bits per heavy atom. The van der Waals surface area contributed by atoms with Crippen LogP contribution in [0.3, 0.4) is 0 Å². The van der Waals surface area contributed by atoms with E-state index in [-0.39, 0.29) is 11.4 Å². The second kappa shape index (κ2) is 10.2. The van der Waals surface area contributed by atoms with Crippen molar-refractivity contribution < 1.29 is 4.79 Å². The smallest absolute Gasteiger partial charge is 0.234 e. The van der Waals surface area contributed by atoms with E-state index in [1.807, 2.05) is 0 Å². The van der Waals surface area contributed by atoms with Gasteiger partial charge in [0.1, 0.15) is 0 Å². The molecule has 0 saturated carbocycles. The van der Waals surface area contributed by atoms with Crippen LogP contribution in [0.4, 0.5) is 0 Å². The Hall–Kier alpha value is -0.570. The highest BCUT2D eigenvalue weighted by Gasteiger charge is 2.21. The van der Waals surface area contributed by atoms with Gasteiger partial charge in [-0.3, -0.25) is 9.69 Å². The molecule has 1 aliphatic heterocycles. The molecule has 0 aliphatic carbocycles. The van der Waals surface area contributed by atoms with Gasteiger partial charge in [0.2, 0.25) is 5.91 Å². The Morgan fingerprint density at radius 2 is 1.62 bits per heavy atom. The number of hydrogen-bond acceptors (Lipinski definition) is 2. The monoisotopic (exact) mass is 296 g/mol. The molecule has 1 amide bonds. The van der Waals surface area contributed by atoms with Crippen LogP contribution in [0.25, 0.3) is 0 Å². The summed E-state index contributed by atoms with van der Waals surface area (Å²) in [5, 5.41) is 3.23. The van der Waals surface area contributed by atoms with Crippen LogP contribution in [0, 0.1) is 0 Å². The van der Waals surface area contributed by atoms with Crippen molar-refractivity contribution in [3.8, 4) is 0 Å². The lowest BCUT2D eigenvalue weighted by atomic mass is 9.96. The number of hydrogen-bond donors (Lipinski definition) is 1. The average Bonchev–Trinajstić information content (AvgIpc) is 2.43. The fourth-order valence-corrected chi connectivity index (χ4v) is 3.15. The van der Waals surface area contributed by atoms with Crippen LogP contribution < -0.4 is 5.32 Å². The van der Waals surface area contributed by atoms with Gasteiger partial charge in [0, 0.05) is 5.54 Å². The van der Waals surface area contributed by atoms with Crippen LogP contribution in [0.2, 0.25) is 0 Å². The summed E-state index contributed by atoms with van der Waals surface area (Å²) < 4.78 is 0. The molecule has 1 aliphatic rings. The number of rotatable bonds is 10. The number of unbranched alkanes of at least 4 members (excludes halogenated alkanes) is 5. The molecule has 1 heterocycles. The van der Waals surface area contributed by atoms with Crippen molar-refractivity contribution in [3.63, 3.8) is 0 Å². The van der Waals surface area contributed by atoms with E-state index >= 15 is 0 Å². The van der Waals surface area contributed by atoms with Crippen LogP contribution >= 0.6 is 0 Å². The number of nitrogens with zero attached hydrogens (tertiary/aromatic N) is 1. The molecular formula is C18H36N2O. The fourth-order valence-electron chi connectivity index (χ4n) is 3.15. The van der Waals surface area contributed by atoms with Gasteiger partial charge in [-0.15, -0.1) is 0 Å². The van der Waals surface area contributed by atoms with Gasteiger partial charge >= 0.3 is 0 Å². The van der Waals surface area contributed by atoms with Gasteiger partial charge in [0.15, 0.2) is 0 Å². The Bertz CT molecular complexity index is 283. The molecule has 1 rings (SSSR count). The summed E-state index contributed by atoms with van der Waals surface area (Å²) in [5.74, 6) is 0.202. The third-order valence-electron chi connectivity index (χ3n) is 4.45. The summed E-state index contributed by atoms with van der Waals surface area (Å²) in [7, 11) is 0. The van der Waals surface area contributed by atoms with Gasteiger partial charge in [-0.25, -0.2) is 0 Å². The Labute approximate surface area is 131 Å². The van der Waals surface area contributed by atoms with Crippen LogP contribution in [0.5, 0.6) is 0 Å². The lowest BCUT2D eigenvalue weighted by Gasteiger charge is -2.30. The van der Waals surface area contributed by atoms with E-state index in [0.717, 1.165) is 19.5 Å². The first-order valence-electron chi connectivity index (χ1n) is 9.07. The van der Waals surface area contributed by atoms with Crippen LogP contribution in [0.1, 0.15) is 85.0 Å². The minimum absolute atomic E-state index is 0.0579. The minimum atomic E-state index is -0.0579. The van der Waals surface area contributed by atoms with Crippen molar-refractivity contribution in [1.82, 2.24) is 10.2 Å². The first-order valence-corrected chi connectivity index (χ1v) is 9.07. The largest absolute Gasteiger partial charge is 0.350 e. The maximum absolute atomic E-state index is 12.1. The first kappa shape index (κ1) is 18.5. The zero-order valence-electron chi connectivity index (χ0n) is 14.5. The predicted octanol–water partition coefficient (Wildman–Crippen LogP) is 4.12. The van der Waals surface area contributed by atoms with Gasteiger partial charge in [-0.05, 0) is 46.2 Å². The molecule has 1 fully saturated rings.